The first-order valence-corrected chi connectivity index (χ1v) is 6.09. The summed E-state index contributed by atoms with van der Waals surface area (Å²) in [7, 11) is 0. The van der Waals surface area contributed by atoms with Gasteiger partial charge in [-0.2, -0.15) is 0 Å². The molecule has 2 heterocycles. The van der Waals surface area contributed by atoms with E-state index in [2.05, 4.69) is 20.8 Å². The van der Waals surface area contributed by atoms with Gasteiger partial charge in [-0.15, -0.1) is 5.10 Å². The average molecular weight is 236 g/mol. The van der Waals surface area contributed by atoms with E-state index >= 15 is 0 Å². The predicted octanol–water partition coefficient (Wildman–Crippen LogP) is 0.741. The molecule has 2 N–H and O–H groups in total. The van der Waals surface area contributed by atoms with Crippen LogP contribution in [0.15, 0.2) is 4.42 Å². The summed E-state index contributed by atoms with van der Waals surface area (Å²) in [6.45, 7) is 3.75. The van der Waals surface area contributed by atoms with Crippen LogP contribution < -0.4 is 10.6 Å². The van der Waals surface area contributed by atoms with Gasteiger partial charge in [0.05, 0.1) is 0 Å². The largest absolute Gasteiger partial charge is 0.408 e. The van der Waals surface area contributed by atoms with E-state index in [4.69, 9.17) is 4.42 Å². The molecule has 92 valence electrons. The van der Waals surface area contributed by atoms with Crippen LogP contribution in [0.4, 0.5) is 6.01 Å². The molecule has 1 unspecified atom stereocenters. The van der Waals surface area contributed by atoms with Crippen LogP contribution >= 0.6 is 0 Å². The van der Waals surface area contributed by atoms with Crippen molar-refractivity contribution < 1.29 is 9.21 Å². The minimum atomic E-state index is -0.0394. The molecule has 2 aliphatic rings. The molecule has 2 fully saturated rings. The highest BCUT2D eigenvalue weighted by Crippen LogP contribution is 2.39. The fourth-order valence-electron chi connectivity index (χ4n) is 1.88. The van der Waals surface area contributed by atoms with Crippen molar-refractivity contribution in [3.8, 4) is 0 Å². The second-order valence-corrected chi connectivity index (χ2v) is 4.92. The minimum absolute atomic E-state index is 0.0208. The number of hydrogen-bond acceptors (Lipinski definition) is 5. The lowest BCUT2D eigenvalue weighted by Crippen LogP contribution is -2.48. The van der Waals surface area contributed by atoms with E-state index in [9.17, 15) is 4.79 Å². The van der Waals surface area contributed by atoms with E-state index in [0.29, 0.717) is 17.7 Å². The van der Waals surface area contributed by atoms with Crippen molar-refractivity contribution >= 4 is 11.9 Å². The molecule has 1 atom stereocenters. The maximum atomic E-state index is 11.9. The van der Waals surface area contributed by atoms with E-state index < -0.39 is 0 Å². The molecule has 3 rings (SSSR count). The van der Waals surface area contributed by atoms with Crippen molar-refractivity contribution in [1.82, 2.24) is 15.5 Å². The Kier molecular flexibility index (Phi) is 2.58. The normalized spacial score (nSPS) is 21.9. The molecule has 1 aliphatic carbocycles. The Bertz CT molecular complexity index is 423. The van der Waals surface area contributed by atoms with Gasteiger partial charge in [-0.25, -0.2) is 0 Å². The zero-order valence-corrected chi connectivity index (χ0v) is 9.77. The number of aromatic nitrogens is 2. The lowest BCUT2D eigenvalue weighted by atomic mass is 9.88. The van der Waals surface area contributed by atoms with Gasteiger partial charge in [0.15, 0.2) is 0 Å². The van der Waals surface area contributed by atoms with Gasteiger partial charge < -0.3 is 9.73 Å². The quantitative estimate of drug-likeness (QED) is 0.806. The molecule has 0 spiro atoms. The highest BCUT2D eigenvalue weighted by atomic mass is 16.4. The predicted molar refractivity (Wildman–Crippen MR) is 60.4 cm³/mol. The van der Waals surface area contributed by atoms with E-state index in [0.717, 1.165) is 25.9 Å². The molecule has 0 bridgehead atoms. The number of anilines is 1. The molecule has 0 radical (unpaired) electrons. The Labute approximate surface area is 99.2 Å². The van der Waals surface area contributed by atoms with Gasteiger partial charge in [-0.1, -0.05) is 12.0 Å². The Hall–Kier alpha value is -1.43. The molecule has 0 aromatic carbocycles. The molecule has 1 aromatic rings. The van der Waals surface area contributed by atoms with Gasteiger partial charge in [0.25, 0.3) is 0 Å². The third kappa shape index (κ3) is 2.17. The van der Waals surface area contributed by atoms with Gasteiger partial charge in [-0.05, 0) is 31.8 Å². The summed E-state index contributed by atoms with van der Waals surface area (Å²) < 4.78 is 5.39. The highest BCUT2D eigenvalue weighted by Gasteiger charge is 2.31. The lowest BCUT2D eigenvalue weighted by Gasteiger charge is -2.31. The molecular weight excluding hydrogens is 220 g/mol. The molecule has 1 saturated heterocycles. The van der Waals surface area contributed by atoms with Gasteiger partial charge in [0, 0.05) is 11.8 Å². The number of nitrogens with zero attached hydrogens (tertiary/aromatic N) is 2. The van der Waals surface area contributed by atoms with Crippen LogP contribution in [0.2, 0.25) is 0 Å². The fourth-order valence-corrected chi connectivity index (χ4v) is 1.88. The Morgan fingerprint density at radius 2 is 2.24 bits per heavy atom. The standard InChI is InChI=1S/C11H16N4O2/c1-6(8-4-12-5-8)9(16)13-11-15-14-10(17-11)7-2-3-7/h6-8,12H,2-5H2,1H3,(H,13,15,16). The number of carbonyl (C=O) groups excluding carboxylic acids is 1. The molecule has 1 saturated carbocycles. The zero-order valence-electron chi connectivity index (χ0n) is 9.77. The number of rotatable bonds is 4. The van der Waals surface area contributed by atoms with E-state index in [1.807, 2.05) is 6.92 Å². The van der Waals surface area contributed by atoms with Crippen molar-refractivity contribution in [1.29, 1.82) is 0 Å². The maximum Gasteiger partial charge on any atom is 0.322 e. The topological polar surface area (TPSA) is 80.1 Å². The third-order valence-corrected chi connectivity index (χ3v) is 3.53. The van der Waals surface area contributed by atoms with Crippen LogP contribution in [-0.2, 0) is 4.79 Å². The SMILES string of the molecule is CC(C(=O)Nc1nnc(C2CC2)o1)C1CNC1. The van der Waals surface area contributed by atoms with Gasteiger partial charge >= 0.3 is 6.01 Å². The van der Waals surface area contributed by atoms with Crippen molar-refractivity contribution in [2.24, 2.45) is 11.8 Å². The monoisotopic (exact) mass is 236 g/mol. The Balaban J connectivity index is 1.58. The van der Waals surface area contributed by atoms with E-state index in [-0.39, 0.29) is 17.8 Å². The summed E-state index contributed by atoms with van der Waals surface area (Å²) in [4.78, 5) is 11.9. The third-order valence-electron chi connectivity index (χ3n) is 3.53. The minimum Gasteiger partial charge on any atom is -0.408 e. The van der Waals surface area contributed by atoms with E-state index in [1.54, 1.807) is 0 Å². The first-order valence-electron chi connectivity index (χ1n) is 6.09. The van der Waals surface area contributed by atoms with Crippen LogP contribution in [0.25, 0.3) is 0 Å². The summed E-state index contributed by atoms with van der Waals surface area (Å²) in [5.41, 5.74) is 0. The van der Waals surface area contributed by atoms with Gasteiger partial charge in [0.2, 0.25) is 11.8 Å². The second kappa shape index (κ2) is 4.10. The van der Waals surface area contributed by atoms with Crippen molar-refractivity contribution in [2.75, 3.05) is 18.4 Å². The van der Waals surface area contributed by atoms with Crippen LogP contribution in [-0.4, -0.2) is 29.2 Å². The highest BCUT2D eigenvalue weighted by molar-refractivity contribution is 5.90. The van der Waals surface area contributed by atoms with Crippen LogP contribution in [0.5, 0.6) is 0 Å². The summed E-state index contributed by atoms with van der Waals surface area (Å²) in [5, 5.41) is 13.6. The van der Waals surface area contributed by atoms with Gasteiger partial charge in [-0.3, -0.25) is 10.1 Å². The van der Waals surface area contributed by atoms with Crippen LogP contribution in [0, 0.1) is 11.8 Å². The first-order chi connectivity index (χ1) is 8.24. The molecule has 6 nitrogen and oxygen atoms in total. The number of nitrogens with one attached hydrogen (secondary N) is 2. The van der Waals surface area contributed by atoms with Crippen LogP contribution in [0.1, 0.15) is 31.6 Å². The first kappa shape index (κ1) is 10.7. The smallest absolute Gasteiger partial charge is 0.322 e. The number of hydrogen-bond donors (Lipinski definition) is 2. The van der Waals surface area contributed by atoms with Crippen molar-refractivity contribution in [3.05, 3.63) is 5.89 Å². The molecule has 6 heteroatoms. The number of carbonyl (C=O) groups is 1. The molecule has 17 heavy (non-hydrogen) atoms. The number of amides is 1. The summed E-state index contributed by atoms with van der Waals surface area (Å²) >= 11 is 0. The van der Waals surface area contributed by atoms with Crippen LogP contribution in [0.3, 0.4) is 0 Å². The summed E-state index contributed by atoms with van der Waals surface area (Å²) in [6.07, 6.45) is 2.22. The molecule has 1 amide bonds. The summed E-state index contributed by atoms with van der Waals surface area (Å²) in [5.74, 6) is 1.43. The average Bonchev–Trinajstić information content (AvgIpc) is 2.98. The fraction of sp³-hybridized carbons (Fsp3) is 0.727. The lowest BCUT2D eigenvalue weighted by molar-refractivity contribution is -0.121. The molecular formula is C11H16N4O2. The van der Waals surface area contributed by atoms with Crippen molar-refractivity contribution in [3.63, 3.8) is 0 Å². The molecule has 1 aromatic heterocycles. The van der Waals surface area contributed by atoms with Gasteiger partial charge in [0.1, 0.15) is 0 Å². The summed E-state index contributed by atoms with van der Waals surface area (Å²) in [6, 6.07) is 0.232. The molecule has 1 aliphatic heterocycles. The zero-order chi connectivity index (χ0) is 11.8. The Morgan fingerprint density at radius 3 is 2.82 bits per heavy atom. The maximum absolute atomic E-state index is 11.9. The van der Waals surface area contributed by atoms with Crippen molar-refractivity contribution in [2.45, 2.75) is 25.7 Å². The second-order valence-electron chi connectivity index (χ2n) is 4.92. The van der Waals surface area contributed by atoms with E-state index in [1.165, 1.54) is 0 Å². The Morgan fingerprint density at radius 1 is 1.47 bits per heavy atom.